The number of nitriles is 1. The zero-order chi connectivity index (χ0) is 19.1. The standard InChI is InChI=1S/C20H19N5OS/c1-15(19(26)25(14-8-13-21)17-11-6-3-7-12-17)27-20-22-18(23-24-20)16-9-4-2-5-10-16/h2-7,9-12,15H,8,14H2,1H3,(H,22,23,24)/t15-/m1/s1. The molecule has 1 amide bonds. The molecule has 0 saturated heterocycles. The maximum absolute atomic E-state index is 13.0. The van der Waals surface area contributed by atoms with Crippen molar-refractivity contribution in [1.82, 2.24) is 15.2 Å². The van der Waals surface area contributed by atoms with Crippen LogP contribution in [0.5, 0.6) is 0 Å². The minimum Gasteiger partial charge on any atom is -0.310 e. The van der Waals surface area contributed by atoms with E-state index >= 15 is 0 Å². The van der Waals surface area contributed by atoms with Gasteiger partial charge < -0.3 is 4.90 Å². The second kappa shape index (κ2) is 9.01. The summed E-state index contributed by atoms with van der Waals surface area (Å²) < 4.78 is 0. The third-order valence-corrected chi connectivity index (χ3v) is 4.87. The summed E-state index contributed by atoms with van der Waals surface area (Å²) >= 11 is 1.30. The molecule has 3 aromatic rings. The Morgan fingerprint density at radius 3 is 2.52 bits per heavy atom. The Morgan fingerprint density at radius 2 is 1.85 bits per heavy atom. The zero-order valence-corrected chi connectivity index (χ0v) is 15.7. The predicted molar refractivity (Wildman–Crippen MR) is 106 cm³/mol. The number of nitrogens with zero attached hydrogens (tertiary/aromatic N) is 4. The lowest BCUT2D eigenvalue weighted by Gasteiger charge is -2.24. The van der Waals surface area contributed by atoms with Crippen LogP contribution < -0.4 is 4.90 Å². The number of aromatic amines is 1. The summed E-state index contributed by atoms with van der Waals surface area (Å²) in [6.07, 6.45) is 0.275. The number of nitrogens with one attached hydrogen (secondary N) is 1. The van der Waals surface area contributed by atoms with Crippen LogP contribution in [0, 0.1) is 11.3 Å². The predicted octanol–water partition coefficient (Wildman–Crippen LogP) is 3.90. The monoisotopic (exact) mass is 377 g/mol. The Bertz CT molecular complexity index is 920. The molecule has 27 heavy (non-hydrogen) atoms. The highest BCUT2D eigenvalue weighted by Gasteiger charge is 2.24. The summed E-state index contributed by atoms with van der Waals surface area (Å²) in [6, 6.07) is 21.2. The number of H-pyrrole nitrogens is 1. The van der Waals surface area contributed by atoms with Crippen molar-refractivity contribution < 1.29 is 4.79 Å². The molecule has 0 spiro atoms. The van der Waals surface area contributed by atoms with Crippen molar-refractivity contribution in [2.75, 3.05) is 11.4 Å². The number of rotatable bonds is 7. The second-order valence-corrected chi connectivity index (χ2v) is 7.13. The summed E-state index contributed by atoms with van der Waals surface area (Å²) in [4.78, 5) is 19.1. The van der Waals surface area contributed by atoms with Gasteiger partial charge in [0, 0.05) is 17.8 Å². The molecule has 0 radical (unpaired) electrons. The quantitative estimate of drug-likeness (QED) is 0.631. The summed E-state index contributed by atoms with van der Waals surface area (Å²) in [7, 11) is 0. The molecule has 0 bridgehead atoms. The first-order valence-electron chi connectivity index (χ1n) is 8.57. The van der Waals surface area contributed by atoms with E-state index < -0.39 is 0 Å². The molecule has 0 saturated carbocycles. The van der Waals surface area contributed by atoms with Crippen LogP contribution in [0.15, 0.2) is 65.8 Å². The van der Waals surface area contributed by atoms with E-state index in [0.717, 1.165) is 11.3 Å². The van der Waals surface area contributed by atoms with E-state index in [2.05, 4.69) is 21.3 Å². The van der Waals surface area contributed by atoms with Gasteiger partial charge in [0.05, 0.1) is 17.7 Å². The zero-order valence-electron chi connectivity index (χ0n) is 14.9. The van der Waals surface area contributed by atoms with Crippen LogP contribution in [0.1, 0.15) is 13.3 Å². The number of benzene rings is 2. The van der Waals surface area contributed by atoms with Crippen molar-refractivity contribution in [2.24, 2.45) is 0 Å². The summed E-state index contributed by atoms with van der Waals surface area (Å²) in [5, 5.41) is 16.2. The summed E-state index contributed by atoms with van der Waals surface area (Å²) in [5.74, 6) is 0.592. The van der Waals surface area contributed by atoms with Crippen LogP contribution in [0.4, 0.5) is 5.69 Å². The maximum Gasteiger partial charge on any atom is 0.240 e. The lowest BCUT2D eigenvalue weighted by Crippen LogP contribution is -2.37. The Hall–Kier alpha value is -3.11. The highest BCUT2D eigenvalue weighted by atomic mass is 32.2. The number of aromatic nitrogens is 3. The van der Waals surface area contributed by atoms with Crippen molar-refractivity contribution in [1.29, 1.82) is 5.26 Å². The second-order valence-electron chi connectivity index (χ2n) is 5.83. The van der Waals surface area contributed by atoms with Crippen LogP contribution >= 0.6 is 11.8 Å². The van der Waals surface area contributed by atoms with Gasteiger partial charge in [0.1, 0.15) is 0 Å². The molecule has 0 aliphatic rings. The molecule has 0 aliphatic carbocycles. The third kappa shape index (κ3) is 4.74. The van der Waals surface area contributed by atoms with E-state index in [1.54, 1.807) is 4.90 Å². The third-order valence-electron chi connectivity index (χ3n) is 3.92. The molecule has 0 aliphatic heterocycles. The molecular weight excluding hydrogens is 358 g/mol. The first-order valence-corrected chi connectivity index (χ1v) is 9.45. The number of carbonyl (C=O) groups is 1. The molecule has 2 aromatic carbocycles. The summed E-state index contributed by atoms with van der Waals surface area (Å²) in [5.41, 5.74) is 1.72. The Labute approximate surface area is 162 Å². The van der Waals surface area contributed by atoms with Crippen LogP contribution in [0.25, 0.3) is 11.4 Å². The molecule has 1 atom stereocenters. The smallest absolute Gasteiger partial charge is 0.240 e. The van der Waals surface area contributed by atoms with Crippen molar-refractivity contribution in [2.45, 2.75) is 23.8 Å². The van der Waals surface area contributed by atoms with Crippen LogP contribution in [-0.4, -0.2) is 32.9 Å². The van der Waals surface area contributed by atoms with Crippen molar-refractivity contribution >= 4 is 23.4 Å². The fourth-order valence-corrected chi connectivity index (χ4v) is 3.38. The number of thioether (sulfide) groups is 1. The van der Waals surface area contributed by atoms with Gasteiger partial charge in [-0.25, -0.2) is 4.98 Å². The lowest BCUT2D eigenvalue weighted by molar-refractivity contribution is -0.117. The van der Waals surface area contributed by atoms with E-state index in [9.17, 15) is 4.79 Å². The van der Waals surface area contributed by atoms with Gasteiger partial charge in [-0.3, -0.25) is 9.89 Å². The van der Waals surface area contributed by atoms with Gasteiger partial charge in [0.15, 0.2) is 5.82 Å². The first kappa shape index (κ1) is 18.7. The lowest BCUT2D eigenvalue weighted by atomic mass is 10.2. The summed E-state index contributed by atoms with van der Waals surface area (Å²) in [6.45, 7) is 2.18. The molecule has 1 N–H and O–H groups in total. The number of carbonyl (C=O) groups excluding carboxylic acids is 1. The van der Waals surface area contributed by atoms with Crippen molar-refractivity contribution in [3.63, 3.8) is 0 Å². The van der Waals surface area contributed by atoms with Gasteiger partial charge >= 0.3 is 0 Å². The molecule has 136 valence electrons. The van der Waals surface area contributed by atoms with Crippen molar-refractivity contribution in [3.8, 4) is 17.5 Å². The fourth-order valence-electron chi connectivity index (χ4n) is 2.59. The van der Waals surface area contributed by atoms with Gasteiger partial charge in [-0.2, -0.15) is 5.26 Å². The average Bonchev–Trinajstić information content (AvgIpc) is 3.18. The highest BCUT2D eigenvalue weighted by Crippen LogP contribution is 2.25. The number of amides is 1. The first-order chi connectivity index (χ1) is 13.2. The van der Waals surface area contributed by atoms with E-state index in [-0.39, 0.29) is 17.6 Å². The van der Waals surface area contributed by atoms with E-state index in [0.29, 0.717) is 17.5 Å². The number of hydrogen-bond donors (Lipinski definition) is 1. The molecule has 0 fully saturated rings. The van der Waals surface area contributed by atoms with Crippen molar-refractivity contribution in [3.05, 3.63) is 60.7 Å². The molecular formula is C20H19N5OS. The van der Waals surface area contributed by atoms with Crippen LogP contribution in [0.3, 0.4) is 0 Å². The molecule has 3 rings (SSSR count). The highest BCUT2D eigenvalue weighted by molar-refractivity contribution is 8.00. The van der Waals surface area contributed by atoms with E-state index in [1.807, 2.05) is 67.6 Å². The van der Waals surface area contributed by atoms with E-state index in [1.165, 1.54) is 11.8 Å². The minimum absolute atomic E-state index is 0.0764. The maximum atomic E-state index is 13.0. The van der Waals surface area contributed by atoms with Gasteiger partial charge in [0.25, 0.3) is 0 Å². The normalized spacial score (nSPS) is 11.6. The topological polar surface area (TPSA) is 85.7 Å². The average molecular weight is 377 g/mol. The molecule has 0 unspecified atom stereocenters. The van der Waals surface area contributed by atoms with Gasteiger partial charge in [-0.1, -0.05) is 60.3 Å². The van der Waals surface area contributed by atoms with Gasteiger partial charge in [0.2, 0.25) is 11.1 Å². The molecule has 1 aromatic heterocycles. The van der Waals surface area contributed by atoms with Gasteiger partial charge in [-0.15, -0.1) is 5.10 Å². The molecule has 6 nitrogen and oxygen atoms in total. The minimum atomic E-state index is -0.386. The fraction of sp³-hybridized carbons (Fsp3) is 0.200. The molecule has 7 heteroatoms. The van der Waals surface area contributed by atoms with Crippen LogP contribution in [-0.2, 0) is 4.79 Å². The van der Waals surface area contributed by atoms with Gasteiger partial charge in [-0.05, 0) is 19.1 Å². The number of hydrogen-bond acceptors (Lipinski definition) is 5. The Morgan fingerprint density at radius 1 is 1.19 bits per heavy atom. The van der Waals surface area contributed by atoms with E-state index in [4.69, 9.17) is 5.26 Å². The molecule has 1 heterocycles. The largest absolute Gasteiger partial charge is 0.310 e. The Kier molecular flexibility index (Phi) is 6.23. The number of para-hydroxylation sites is 1. The van der Waals surface area contributed by atoms with Crippen LogP contribution in [0.2, 0.25) is 0 Å². The Balaban J connectivity index is 1.72. The SMILES string of the molecule is C[C@@H](Sc1n[nH]c(-c2ccccc2)n1)C(=O)N(CCC#N)c1ccccc1. The number of anilines is 1.